The Morgan fingerprint density at radius 1 is 1.42 bits per heavy atom. The van der Waals surface area contributed by atoms with Gasteiger partial charge in [0.05, 0.1) is 6.54 Å². The van der Waals surface area contributed by atoms with Crippen LogP contribution in [0.25, 0.3) is 0 Å². The van der Waals surface area contributed by atoms with E-state index in [1.54, 1.807) is 0 Å². The van der Waals surface area contributed by atoms with E-state index >= 15 is 0 Å². The first kappa shape index (κ1) is 14.0. The predicted octanol–water partition coefficient (Wildman–Crippen LogP) is 1.11. The fourth-order valence-electron chi connectivity index (χ4n) is 2.53. The van der Waals surface area contributed by atoms with E-state index in [1.807, 2.05) is 30.3 Å². The molecule has 1 heterocycles. The number of nitrogens with one attached hydrogen (secondary N) is 1. The molecule has 1 aliphatic rings. The number of hydrogen-bond acceptors (Lipinski definition) is 3. The Morgan fingerprint density at radius 3 is 2.84 bits per heavy atom. The van der Waals surface area contributed by atoms with E-state index in [0.29, 0.717) is 25.2 Å². The Morgan fingerprint density at radius 2 is 2.16 bits per heavy atom. The number of hydrogen-bond donors (Lipinski definition) is 2. The van der Waals surface area contributed by atoms with Gasteiger partial charge in [-0.3, -0.25) is 9.69 Å². The first-order chi connectivity index (χ1) is 9.15. The maximum absolute atomic E-state index is 11.9. The molecular weight excluding hydrogens is 238 g/mol. The van der Waals surface area contributed by atoms with Crippen LogP contribution in [-0.2, 0) is 11.3 Å². The summed E-state index contributed by atoms with van der Waals surface area (Å²) >= 11 is 0. The van der Waals surface area contributed by atoms with E-state index in [-0.39, 0.29) is 5.91 Å². The standard InChI is InChI=1S/C15H23N3O/c1-12-9-14(16)7-8-18(12)11-15(19)17-10-13-5-3-2-4-6-13/h2-6,12,14H,7-11,16H2,1H3,(H,17,19). The van der Waals surface area contributed by atoms with Crippen LogP contribution in [0.4, 0.5) is 0 Å². The normalized spacial score (nSPS) is 24.1. The molecule has 19 heavy (non-hydrogen) atoms. The highest BCUT2D eigenvalue weighted by Crippen LogP contribution is 2.15. The van der Waals surface area contributed by atoms with Gasteiger partial charge >= 0.3 is 0 Å². The highest BCUT2D eigenvalue weighted by molar-refractivity contribution is 5.78. The first-order valence-electron chi connectivity index (χ1n) is 6.95. The van der Waals surface area contributed by atoms with Crippen molar-refractivity contribution >= 4 is 5.91 Å². The summed E-state index contributed by atoms with van der Waals surface area (Å²) in [5.74, 6) is 0.0891. The summed E-state index contributed by atoms with van der Waals surface area (Å²) in [5.41, 5.74) is 7.05. The van der Waals surface area contributed by atoms with Crippen molar-refractivity contribution in [2.24, 2.45) is 5.73 Å². The third-order valence-electron chi connectivity index (χ3n) is 3.73. The van der Waals surface area contributed by atoms with E-state index in [2.05, 4.69) is 17.1 Å². The van der Waals surface area contributed by atoms with Crippen molar-refractivity contribution in [3.63, 3.8) is 0 Å². The van der Waals surface area contributed by atoms with Gasteiger partial charge in [0.15, 0.2) is 0 Å². The number of carbonyl (C=O) groups is 1. The molecule has 1 aliphatic heterocycles. The number of piperidine rings is 1. The fraction of sp³-hybridized carbons (Fsp3) is 0.533. The molecular formula is C15H23N3O. The molecule has 0 aromatic heterocycles. The molecule has 1 fully saturated rings. The van der Waals surface area contributed by atoms with Gasteiger partial charge < -0.3 is 11.1 Å². The van der Waals surface area contributed by atoms with Gasteiger partial charge in [-0.05, 0) is 25.3 Å². The maximum atomic E-state index is 11.9. The lowest BCUT2D eigenvalue weighted by atomic mass is 9.99. The van der Waals surface area contributed by atoms with Gasteiger partial charge in [0, 0.05) is 25.2 Å². The van der Waals surface area contributed by atoms with Gasteiger partial charge in [-0.1, -0.05) is 30.3 Å². The van der Waals surface area contributed by atoms with E-state index < -0.39 is 0 Å². The quantitative estimate of drug-likeness (QED) is 0.854. The highest BCUT2D eigenvalue weighted by atomic mass is 16.2. The average Bonchev–Trinajstić information content (AvgIpc) is 2.41. The van der Waals surface area contributed by atoms with Crippen molar-refractivity contribution in [1.29, 1.82) is 0 Å². The molecule has 2 unspecified atom stereocenters. The largest absolute Gasteiger partial charge is 0.351 e. The molecule has 3 N–H and O–H groups in total. The van der Waals surface area contributed by atoms with Crippen LogP contribution in [0, 0.1) is 0 Å². The number of rotatable bonds is 4. The van der Waals surface area contributed by atoms with E-state index in [4.69, 9.17) is 5.73 Å². The zero-order valence-electron chi connectivity index (χ0n) is 11.5. The minimum absolute atomic E-state index is 0.0891. The first-order valence-corrected chi connectivity index (χ1v) is 6.95. The number of likely N-dealkylation sites (tertiary alicyclic amines) is 1. The maximum Gasteiger partial charge on any atom is 0.234 e. The van der Waals surface area contributed by atoms with Crippen molar-refractivity contribution in [1.82, 2.24) is 10.2 Å². The molecule has 0 radical (unpaired) electrons. The second-order valence-corrected chi connectivity index (χ2v) is 5.37. The van der Waals surface area contributed by atoms with Gasteiger partial charge in [-0.25, -0.2) is 0 Å². The molecule has 1 aromatic carbocycles. The molecule has 4 nitrogen and oxygen atoms in total. The number of nitrogens with two attached hydrogens (primary N) is 1. The second-order valence-electron chi connectivity index (χ2n) is 5.37. The Balaban J connectivity index is 1.75. The second kappa shape index (κ2) is 6.68. The van der Waals surface area contributed by atoms with E-state index in [0.717, 1.165) is 24.9 Å². The van der Waals surface area contributed by atoms with Crippen molar-refractivity contribution in [2.75, 3.05) is 13.1 Å². The van der Waals surface area contributed by atoms with Crippen molar-refractivity contribution < 1.29 is 4.79 Å². The smallest absolute Gasteiger partial charge is 0.234 e. The lowest BCUT2D eigenvalue weighted by molar-refractivity contribution is -0.123. The summed E-state index contributed by atoms with van der Waals surface area (Å²) in [6, 6.07) is 10.7. The van der Waals surface area contributed by atoms with Crippen LogP contribution in [0.1, 0.15) is 25.3 Å². The van der Waals surface area contributed by atoms with Crippen LogP contribution in [0.5, 0.6) is 0 Å². The molecule has 4 heteroatoms. The molecule has 2 rings (SSSR count). The zero-order chi connectivity index (χ0) is 13.7. The Bertz CT molecular complexity index is 407. The molecule has 0 aliphatic carbocycles. The van der Waals surface area contributed by atoms with E-state index in [1.165, 1.54) is 0 Å². The van der Waals surface area contributed by atoms with Crippen LogP contribution in [-0.4, -0.2) is 36.0 Å². The number of benzene rings is 1. The zero-order valence-corrected chi connectivity index (χ0v) is 11.5. The molecule has 2 atom stereocenters. The van der Waals surface area contributed by atoms with Crippen LogP contribution < -0.4 is 11.1 Å². The fourth-order valence-corrected chi connectivity index (χ4v) is 2.53. The summed E-state index contributed by atoms with van der Waals surface area (Å²) in [5, 5.41) is 2.97. The van der Waals surface area contributed by atoms with Crippen LogP contribution >= 0.6 is 0 Å². The van der Waals surface area contributed by atoms with Crippen LogP contribution in [0.15, 0.2) is 30.3 Å². The van der Waals surface area contributed by atoms with E-state index in [9.17, 15) is 4.79 Å². The van der Waals surface area contributed by atoms with Gasteiger partial charge in [-0.2, -0.15) is 0 Å². The molecule has 0 spiro atoms. The van der Waals surface area contributed by atoms with Crippen molar-refractivity contribution in [3.05, 3.63) is 35.9 Å². The summed E-state index contributed by atoms with van der Waals surface area (Å²) in [6.45, 7) is 4.13. The summed E-state index contributed by atoms with van der Waals surface area (Å²) in [4.78, 5) is 14.1. The minimum Gasteiger partial charge on any atom is -0.351 e. The van der Waals surface area contributed by atoms with Gasteiger partial charge in [0.25, 0.3) is 0 Å². The third-order valence-corrected chi connectivity index (χ3v) is 3.73. The van der Waals surface area contributed by atoms with Crippen LogP contribution in [0.3, 0.4) is 0 Å². The Kier molecular flexibility index (Phi) is 4.93. The lowest BCUT2D eigenvalue weighted by Crippen LogP contribution is -2.49. The lowest BCUT2D eigenvalue weighted by Gasteiger charge is -2.35. The Labute approximate surface area is 115 Å². The van der Waals surface area contributed by atoms with Gasteiger partial charge in [0.1, 0.15) is 0 Å². The summed E-state index contributed by atoms with van der Waals surface area (Å²) < 4.78 is 0. The van der Waals surface area contributed by atoms with Crippen LogP contribution in [0.2, 0.25) is 0 Å². The summed E-state index contributed by atoms with van der Waals surface area (Å²) in [7, 11) is 0. The topological polar surface area (TPSA) is 58.4 Å². The molecule has 1 amide bonds. The predicted molar refractivity (Wildman–Crippen MR) is 76.5 cm³/mol. The number of amides is 1. The highest BCUT2D eigenvalue weighted by Gasteiger charge is 2.24. The average molecular weight is 261 g/mol. The number of carbonyl (C=O) groups excluding carboxylic acids is 1. The molecule has 1 aromatic rings. The SMILES string of the molecule is CC1CC(N)CCN1CC(=O)NCc1ccccc1. The number of nitrogens with zero attached hydrogens (tertiary/aromatic N) is 1. The summed E-state index contributed by atoms with van der Waals surface area (Å²) in [6.07, 6.45) is 1.96. The molecule has 0 saturated carbocycles. The van der Waals surface area contributed by atoms with Crippen molar-refractivity contribution in [2.45, 2.75) is 38.4 Å². The monoisotopic (exact) mass is 261 g/mol. The third kappa shape index (κ3) is 4.33. The minimum atomic E-state index is 0.0891. The van der Waals surface area contributed by atoms with Gasteiger partial charge in [-0.15, -0.1) is 0 Å². The van der Waals surface area contributed by atoms with Gasteiger partial charge in [0.2, 0.25) is 5.91 Å². The van der Waals surface area contributed by atoms with Crippen molar-refractivity contribution in [3.8, 4) is 0 Å². The molecule has 104 valence electrons. The molecule has 0 bridgehead atoms. The molecule has 1 saturated heterocycles. The Hall–Kier alpha value is -1.39.